The fourth-order valence-electron chi connectivity index (χ4n) is 1.59. The molecule has 18 heavy (non-hydrogen) atoms. The van der Waals surface area contributed by atoms with E-state index in [9.17, 15) is 23.3 Å². The van der Waals surface area contributed by atoms with Crippen molar-refractivity contribution in [2.45, 2.75) is 25.6 Å². The Balaban J connectivity index is 2.35. The maximum Gasteiger partial charge on any atom is 0.433 e. The molecule has 0 aromatic carbocycles. The number of hydrogen-bond donors (Lipinski definition) is 1. The Hall–Kier alpha value is -1.86. The van der Waals surface area contributed by atoms with Crippen molar-refractivity contribution in [3.8, 4) is 0 Å². The van der Waals surface area contributed by atoms with Gasteiger partial charge in [-0.05, 0) is 18.4 Å². The third-order valence-corrected chi connectivity index (χ3v) is 2.82. The quantitative estimate of drug-likeness (QED) is 0.671. The van der Waals surface area contributed by atoms with E-state index < -0.39 is 22.5 Å². The molecular weight excluding hydrogens is 251 g/mol. The monoisotopic (exact) mass is 261 g/mol. The molecular formula is C10H10F3N3O2. The summed E-state index contributed by atoms with van der Waals surface area (Å²) in [7, 11) is 0. The summed E-state index contributed by atoms with van der Waals surface area (Å²) in [5.74, 6) is 0.312. The van der Waals surface area contributed by atoms with E-state index in [-0.39, 0.29) is 11.7 Å². The first-order chi connectivity index (χ1) is 8.29. The van der Waals surface area contributed by atoms with Gasteiger partial charge in [0.05, 0.1) is 4.92 Å². The van der Waals surface area contributed by atoms with Crippen molar-refractivity contribution in [3.63, 3.8) is 0 Å². The van der Waals surface area contributed by atoms with E-state index in [0.29, 0.717) is 18.2 Å². The van der Waals surface area contributed by atoms with Gasteiger partial charge in [-0.25, -0.2) is 4.98 Å². The zero-order valence-electron chi connectivity index (χ0n) is 9.36. The summed E-state index contributed by atoms with van der Waals surface area (Å²) in [4.78, 5) is 13.0. The molecule has 0 amide bonds. The normalized spacial score (nSPS) is 22.7. The van der Waals surface area contributed by atoms with Crippen LogP contribution in [-0.2, 0) is 6.18 Å². The predicted molar refractivity (Wildman–Crippen MR) is 57.1 cm³/mol. The van der Waals surface area contributed by atoms with Crippen molar-refractivity contribution in [2.24, 2.45) is 5.92 Å². The van der Waals surface area contributed by atoms with Gasteiger partial charge in [0.25, 0.3) is 0 Å². The molecule has 1 heterocycles. The Morgan fingerprint density at radius 1 is 1.56 bits per heavy atom. The molecule has 2 rings (SSSR count). The first-order valence-electron chi connectivity index (χ1n) is 5.27. The van der Waals surface area contributed by atoms with E-state index in [4.69, 9.17) is 0 Å². The minimum atomic E-state index is -4.61. The van der Waals surface area contributed by atoms with Gasteiger partial charge in [0, 0.05) is 6.04 Å². The molecule has 1 saturated carbocycles. The van der Waals surface area contributed by atoms with Crippen LogP contribution in [0.2, 0.25) is 0 Å². The average molecular weight is 261 g/mol. The van der Waals surface area contributed by atoms with Crippen LogP contribution in [0, 0.1) is 16.0 Å². The number of pyridine rings is 1. The Morgan fingerprint density at radius 3 is 2.61 bits per heavy atom. The van der Waals surface area contributed by atoms with Crippen LogP contribution in [0.3, 0.4) is 0 Å². The summed E-state index contributed by atoms with van der Waals surface area (Å²) in [6.07, 6.45) is -3.18. The number of hydrogen-bond acceptors (Lipinski definition) is 4. The van der Waals surface area contributed by atoms with Crippen molar-refractivity contribution in [1.29, 1.82) is 0 Å². The number of alkyl halides is 3. The second-order valence-electron chi connectivity index (χ2n) is 4.31. The van der Waals surface area contributed by atoms with Crippen molar-refractivity contribution in [1.82, 2.24) is 4.98 Å². The third-order valence-electron chi connectivity index (χ3n) is 2.82. The number of nitrogens with one attached hydrogen (secondary N) is 1. The highest BCUT2D eigenvalue weighted by atomic mass is 19.4. The van der Waals surface area contributed by atoms with Gasteiger partial charge in [-0.15, -0.1) is 0 Å². The van der Waals surface area contributed by atoms with Crippen molar-refractivity contribution < 1.29 is 18.1 Å². The summed E-state index contributed by atoms with van der Waals surface area (Å²) in [5, 5.41) is 13.5. The minimum Gasteiger partial charge on any atom is -0.376 e. The molecule has 1 fully saturated rings. The van der Waals surface area contributed by atoms with Gasteiger partial charge < -0.3 is 5.32 Å². The van der Waals surface area contributed by atoms with Gasteiger partial charge in [-0.1, -0.05) is 6.92 Å². The number of anilines is 1. The number of rotatable bonds is 3. The SMILES string of the molecule is CC1CC1Nc1cc(C(F)(F)F)ncc1[N+](=O)[O-]. The highest BCUT2D eigenvalue weighted by molar-refractivity contribution is 5.62. The van der Waals surface area contributed by atoms with Crippen LogP contribution in [-0.4, -0.2) is 15.9 Å². The molecule has 2 unspecified atom stereocenters. The molecule has 1 aromatic heterocycles. The topological polar surface area (TPSA) is 68.1 Å². The molecule has 0 spiro atoms. The molecule has 98 valence electrons. The minimum absolute atomic E-state index is 0.00724. The van der Waals surface area contributed by atoms with Gasteiger partial charge in [0.2, 0.25) is 0 Å². The fraction of sp³-hybridized carbons (Fsp3) is 0.500. The third kappa shape index (κ3) is 2.52. The lowest BCUT2D eigenvalue weighted by Gasteiger charge is -2.09. The second kappa shape index (κ2) is 4.11. The van der Waals surface area contributed by atoms with E-state index in [1.54, 1.807) is 0 Å². The van der Waals surface area contributed by atoms with Gasteiger partial charge in [0.1, 0.15) is 17.6 Å². The van der Waals surface area contributed by atoms with Gasteiger partial charge in [-0.2, -0.15) is 13.2 Å². The van der Waals surface area contributed by atoms with E-state index in [2.05, 4.69) is 10.3 Å². The molecule has 5 nitrogen and oxygen atoms in total. The lowest BCUT2D eigenvalue weighted by Crippen LogP contribution is -2.12. The van der Waals surface area contributed by atoms with Crippen LogP contribution in [0.25, 0.3) is 0 Å². The van der Waals surface area contributed by atoms with Gasteiger partial charge >= 0.3 is 11.9 Å². The van der Waals surface area contributed by atoms with Crippen LogP contribution in [0.1, 0.15) is 19.0 Å². The summed E-state index contributed by atoms with van der Waals surface area (Å²) in [5.41, 5.74) is -1.71. The molecule has 8 heteroatoms. The zero-order chi connectivity index (χ0) is 13.5. The molecule has 1 aliphatic carbocycles. The molecule has 0 radical (unpaired) electrons. The summed E-state index contributed by atoms with van der Waals surface area (Å²) in [6.45, 7) is 1.91. The van der Waals surface area contributed by atoms with E-state index in [0.717, 1.165) is 6.42 Å². The van der Waals surface area contributed by atoms with Crippen LogP contribution >= 0.6 is 0 Å². The summed E-state index contributed by atoms with van der Waals surface area (Å²) < 4.78 is 37.4. The number of nitro groups is 1. The van der Waals surface area contributed by atoms with Crippen molar-refractivity contribution >= 4 is 11.4 Å². The van der Waals surface area contributed by atoms with Crippen LogP contribution in [0.4, 0.5) is 24.5 Å². The molecule has 2 atom stereocenters. The first kappa shape index (κ1) is 12.6. The standard InChI is InChI=1S/C10H10F3N3O2/c1-5-2-6(5)15-7-3-9(10(11,12)13)14-4-8(7)16(17)18/h3-6H,2H2,1H3,(H,14,15). The Labute approximate surface area is 100 Å². The average Bonchev–Trinajstić information content (AvgIpc) is 2.92. The van der Waals surface area contributed by atoms with E-state index in [1.165, 1.54) is 0 Å². The molecule has 1 aliphatic rings. The predicted octanol–water partition coefficient (Wildman–Crippen LogP) is 2.83. The van der Waals surface area contributed by atoms with E-state index >= 15 is 0 Å². The molecule has 0 saturated heterocycles. The number of aromatic nitrogens is 1. The zero-order valence-corrected chi connectivity index (χ0v) is 9.36. The van der Waals surface area contributed by atoms with Crippen molar-refractivity contribution in [3.05, 3.63) is 28.1 Å². The van der Waals surface area contributed by atoms with Gasteiger partial charge in [-0.3, -0.25) is 10.1 Å². The Morgan fingerprint density at radius 2 is 2.17 bits per heavy atom. The molecule has 1 N–H and O–H groups in total. The fourth-order valence-corrected chi connectivity index (χ4v) is 1.59. The maximum absolute atomic E-state index is 12.5. The van der Waals surface area contributed by atoms with Crippen LogP contribution < -0.4 is 5.32 Å². The highest BCUT2D eigenvalue weighted by Gasteiger charge is 2.37. The number of halogens is 3. The molecule has 0 bridgehead atoms. The Bertz CT molecular complexity index is 490. The first-order valence-corrected chi connectivity index (χ1v) is 5.27. The summed E-state index contributed by atoms with van der Waals surface area (Å²) >= 11 is 0. The largest absolute Gasteiger partial charge is 0.433 e. The molecule has 1 aromatic rings. The van der Waals surface area contributed by atoms with Gasteiger partial charge in [0.15, 0.2) is 0 Å². The summed E-state index contributed by atoms with van der Waals surface area (Å²) in [6, 6.07) is 0.676. The number of nitrogens with zero attached hydrogens (tertiary/aromatic N) is 2. The van der Waals surface area contributed by atoms with Crippen LogP contribution in [0.15, 0.2) is 12.3 Å². The van der Waals surface area contributed by atoms with Crippen molar-refractivity contribution in [2.75, 3.05) is 5.32 Å². The smallest absolute Gasteiger partial charge is 0.376 e. The maximum atomic E-state index is 12.5. The lowest BCUT2D eigenvalue weighted by molar-refractivity contribution is -0.384. The van der Waals surface area contributed by atoms with Crippen LogP contribution in [0.5, 0.6) is 0 Å². The second-order valence-corrected chi connectivity index (χ2v) is 4.31. The highest BCUT2D eigenvalue weighted by Crippen LogP contribution is 2.37. The van der Waals surface area contributed by atoms with E-state index in [1.807, 2.05) is 6.92 Å². The molecule has 0 aliphatic heterocycles. The Kier molecular flexibility index (Phi) is 2.88. The lowest BCUT2D eigenvalue weighted by atomic mass is 10.2.